The number of nitrogens with zero attached hydrogens (tertiary/aromatic N) is 1. The first-order valence-corrected chi connectivity index (χ1v) is 3.76. The van der Waals surface area contributed by atoms with Crippen molar-refractivity contribution in [2.24, 2.45) is 4.99 Å². The minimum Gasteiger partial charge on any atom is -0.452 e. The number of hydrogen-bond donors (Lipinski definition) is 0. The van der Waals surface area contributed by atoms with Gasteiger partial charge < -0.3 is 9.47 Å². The Morgan fingerprint density at radius 2 is 2.50 bits per heavy atom. The molecule has 0 aromatic heterocycles. The molecule has 0 aromatic carbocycles. The number of aliphatic imine (C=N–C) groups is 1. The number of halogens is 1. The third-order valence-electron chi connectivity index (χ3n) is 0.800. The molecule has 54 valence electrons. The Bertz CT molecular complexity index is 186. The van der Waals surface area contributed by atoms with E-state index in [9.17, 15) is 0 Å². The molecule has 0 amide bonds. The molecule has 0 fully saturated rings. The highest BCUT2D eigenvalue weighted by Crippen LogP contribution is 2.07. The first-order chi connectivity index (χ1) is 4.89. The number of allylic oxidation sites excluding steroid dienone is 2. The van der Waals surface area contributed by atoms with Gasteiger partial charge in [-0.2, -0.15) is 0 Å². The Balaban J connectivity index is 2.57. The van der Waals surface area contributed by atoms with Crippen molar-refractivity contribution in [3.63, 3.8) is 0 Å². The monoisotopic (exact) mass is 251 g/mol. The summed E-state index contributed by atoms with van der Waals surface area (Å²) >= 11 is 2.07. The normalized spacial score (nSPS) is 29.1. The average Bonchev–Trinajstić information content (AvgIpc) is 2.02. The maximum atomic E-state index is 5.05. The topological polar surface area (TPSA) is 30.8 Å². The molecule has 0 N–H and O–H groups in total. The van der Waals surface area contributed by atoms with E-state index >= 15 is 0 Å². The molecule has 0 radical (unpaired) electrons. The molecule has 3 nitrogen and oxygen atoms in total. The van der Waals surface area contributed by atoms with E-state index in [0.717, 1.165) is 3.77 Å². The van der Waals surface area contributed by atoms with Gasteiger partial charge in [0, 0.05) is 6.20 Å². The van der Waals surface area contributed by atoms with Crippen LogP contribution in [0.2, 0.25) is 0 Å². The van der Waals surface area contributed by atoms with E-state index in [1.807, 2.05) is 6.08 Å². The minimum atomic E-state index is 0.222. The first kappa shape index (κ1) is 7.59. The van der Waals surface area contributed by atoms with Gasteiger partial charge in [-0.3, -0.25) is 0 Å². The van der Waals surface area contributed by atoms with Crippen LogP contribution in [0, 0.1) is 0 Å². The van der Waals surface area contributed by atoms with Gasteiger partial charge in [0.25, 0.3) is 0 Å². The molecule has 1 heterocycles. The van der Waals surface area contributed by atoms with Crippen molar-refractivity contribution in [3.05, 3.63) is 22.1 Å². The van der Waals surface area contributed by atoms with Crippen LogP contribution in [0.25, 0.3) is 0 Å². The number of hydrogen-bond acceptors (Lipinski definition) is 3. The fraction of sp³-hybridized carbons (Fsp3) is 0.167. The van der Waals surface area contributed by atoms with Gasteiger partial charge in [-0.15, -0.1) is 0 Å². The zero-order valence-corrected chi connectivity index (χ0v) is 7.32. The lowest BCUT2D eigenvalue weighted by molar-refractivity contribution is 0.0741. The molecular weight excluding hydrogens is 245 g/mol. The van der Waals surface area contributed by atoms with E-state index in [-0.39, 0.29) is 6.79 Å². The highest BCUT2D eigenvalue weighted by Gasteiger charge is 1.89. The molecule has 0 aliphatic carbocycles. The van der Waals surface area contributed by atoms with Crippen LogP contribution in [0.15, 0.2) is 27.1 Å². The molecule has 0 saturated carbocycles. The summed E-state index contributed by atoms with van der Waals surface area (Å²) in [5, 5.41) is 0. The maximum absolute atomic E-state index is 5.05. The molecular formula is C6H6INO2. The fourth-order valence-corrected chi connectivity index (χ4v) is 0.750. The van der Waals surface area contributed by atoms with Crippen LogP contribution in [0.4, 0.5) is 0 Å². The Morgan fingerprint density at radius 1 is 1.60 bits per heavy atom. The van der Waals surface area contributed by atoms with E-state index in [0.29, 0.717) is 0 Å². The summed E-state index contributed by atoms with van der Waals surface area (Å²) in [6, 6.07) is 0. The van der Waals surface area contributed by atoms with Crippen molar-refractivity contribution in [3.8, 4) is 0 Å². The quantitative estimate of drug-likeness (QED) is 0.614. The summed E-state index contributed by atoms with van der Waals surface area (Å²) in [6.45, 7) is 0.222. The summed E-state index contributed by atoms with van der Waals surface area (Å²) in [6.07, 6.45) is 6.58. The SMILES string of the molecule is I\C1=C/C=C\N=C\OCO1. The Kier molecular flexibility index (Phi) is 3.28. The van der Waals surface area contributed by atoms with Gasteiger partial charge >= 0.3 is 0 Å². The molecule has 0 unspecified atom stereocenters. The molecule has 0 bridgehead atoms. The van der Waals surface area contributed by atoms with Gasteiger partial charge in [0.2, 0.25) is 6.79 Å². The van der Waals surface area contributed by atoms with E-state index in [4.69, 9.17) is 9.47 Å². The lowest BCUT2D eigenvalue weighted by Gasteiger charge is -2.00. The van der Waals surface area contributed by atoms with E-state index in [1.165, 1.54) is 6.40 Å². The Hall–Kier alpha value is -0.520. The van der Waals surface area contributed by atoms with Crippen molar-refractivity contribution < 1.29 is 9.47 Å². The van der Waals surface area contributed by atoms with Crippen LogP contribution in [0.5, 0.6) is 0 Å². The van der Waals surface area contributed by atoms with E-state index in [2.05, 4.69) is 27.6 Å². The summed E-state index contributed by atoms with van der Waals surface area (Å²) < 4.78 is 10.7. The zero-order chi connectivity index (χ0) is 7.23. The first-order valence-electron chi connectivity index (χ1n) is 2.68. The molecule has 1 rings (SSSR count). The van der Waals surface area contributed by atoms with Crippen molar-refractivity contribution >= 4 is 29.0 Å². The lowest BCUT2D eigenvalue weighted by Crippen LogP contribution is -1.93. The van der Waals surface area contributed by atoms with Gasteiger partial charge in [0.1, 0.15) is 0 Å². The van der Waals surface area contributed by atoms with Crippen molar-refractivity contribution in [1.29, 1.82) is 0 Å². The van der Waals surface area contributed by atoms with Crippen LogP contribution < -0.4 is 0 Å². The standard InChI is InChI=1S/C6H6INO2/c7-6-2-1-3-8-4-9-5-10-6/h1-4H,5H2/b3-1-,6-2+,8-4+. The average molecular weight is 251 g/mol. The third kappa shape index (κ3) is 2.86. The van der Waals surface area contributed by atoms with E-state index in [1.54, 1.807) is 12.3 Å². The Morgan fingerprint density at radius 3 is 3.40 bits per heavy atom. The second-order valence-electron chi connectivity index (χ2n) is 1.50. The Labute approximate surface area is 72.6 Å². The predicted octanol–water partition coefficient (Wildman–Crippen LogP) is 1.81. The zero-order valence-electron chi connectivity index (χ0n) is 5.16. The summed E-state index contributed by atoms with van der Waals surface area (Å²) in [5.41, 5.74) is 0. The summed E-state index contributed by atoms with van der Waals surface area (Å²) in [7, 11) is 0. The van der Waals surface area contributed by atoms with Crippen LogP contribution in [-0.4, -0.2) is 13.2 Å². The third-order valence-corrected chi connectivity index (χ3v) is 1.47. The molecule has 10 heavy (non-hydrogen) atoms. The van der Waals surface area contributed by atoms with Gasteiger partial charge in [0.05, 0.1) is 0 Å². The van der Waals surface area contributed by atoms with Gasteiger partial charge in [-0.25, -0.2) is 4.99 Å². The minimum absolute atomic E-state index is 0.222. The van der Waals surface area contributed by atoms with Crippen LogP contribution >= 0.6 is 22.6 Å². The summed E-state index contributed by atoms with van der Waals surface area (Å²) in [4.78, 5) is 3.77. The maximum Gasteiger partial charge on any atom is 0.232 e. The van der Waals surface area contributed by atoms with E-state index < -0.39 is 0 Å². The molecule has 1 aliphatic rings. The summed E-state index contributed by atoms with van der Waals surface area (Å²) in [5.74, 6) is 0. The highest BCUT2D eigenvalue weighted by atomic mass is 127. The molecule has 0 aromatic rings. The van der Waals surface area contributed by atoms with Crippen molar-refractivity contribution in [2.75, 3.05) is 6.79 Å². The molecule has 0 spiro atoms. The largest absolute Gasteiger partial charge is 0.452 e. The van der Waals surface area contributed by atoms with Crippen LogP contribution in [0.3, 0.4) is 0 Å². The van der Waals surface area contributed by atoms with Gasteiger partial charge in [0.15, 0.2) is 10.2 Å². The molecule has 0 atom stereocenters. The molecule has 4 heteroatoms. The van der Waals surface area contributed by atoms with Crippen LogP contribution in [0.1, 0.15) is 0 Å². The molecule has 1 aliphatic heterocycles. The second-order valence-corrected chi connectivity index (χ2v) is 2.56. The van der Waals surface area contributed by atoms with Crippen LogP contribution in [-0.2, 0) is 9.47 Å². The number of rotatable bonds is 0. The van der Waals surface area contributed by atoms with Gasteiger partial charge in [-0.1, -0.05) is 0 Å². The molecule has 0 saturated heterocycles. The number of ether oxygens (including phenoxy) is 2. The highest BCUT2D eigenvalue weighted by molar-refractivity contribution is 14.1. The second kappa shape index (κ2) is 4.32. The van der Waals surface area contributed by atoms with Crippen molar-refractivity contribution in [2.45, 2.75) is 0 Å². The lowest BCUT2D eigenvalue weighted by atomic mass is 10.6. The fourth-order valence-electron chi connectivity index (χ4n) is 0.415. The van der Waals surface area contributed by atoms with Crippen molar-refractivity contribution in [1.82, 2.24) is 0 Å². The predicted molar refractivity (Wildman–Crippen MR) is 46.8 cm³/mol. The smallest absolute Gasteiger partial charge is 0.232 e. The van der Waals surface area contributed by atoms with Gasteiger partial charge in [-0.05, 0) is 34.7 Å².